The lowest BCUT2D eigenvalue weighted by atomic mass is 9.61. The van der Waals surface area contributed by atoms with Crippen molar-refractivity contribution in [1.29, 1.82) is 0 Å². The van der Waals surface area contributed by atoms with Gasteiger partial charge < -0.3 is 15.0 Å². The lowest BCUT2D eigenvalue weighted by Crippen LogP contribution is -2.52. The van der Waals surface area contributed by atoms with Crippen molar-refractivity contribution in [3.8, 4) is 17.2 Å². The van der Waals surface area contributed by atoms with Crippen molar-refractivity contribution in [1.82, 2.24) is 34.5 Å². The first-order valence-corrected chi connectivity index (χ1v) is 12.3. The number of ether oxygens (including phenoxy) is 1. The Kier molecular flexibility index (Phi) is 5.60. The van der Waals surface area contributed by atoms with E-state index >= 15 is 0 Å². The van der Waals surface area contributed by atoms with Gasteiger partial charge in [0, 0.05) is 30.7 Å². The number of imidazole rings is 1. The molecule has 3 aliphatic carbocycles. The highest BCUT2D eigenvalue weighted by atomic mass is 35.5. The van der Waals surface area contributed by atoms with Crippen LogP contribution in [0.25, 0.3) is 28.4 Å². The summed E-state index contributed by atoms with van der Waals surface area (Å²) in [7, 11) is 0. The molecule has 3 fully saturated rings. The molecule has 0 saturated heterocycles. The second kappa shape index (κ2) is 8.92. The first-order chi connectivity index (χ1) is 17.1. The first-order valence-electron chi connectivity index (χ1n) is 11.9. The Hall–Kier alpha value is -3.53. The molecular weight excluding hydrogens is 468 g/mol. The molecule has 0 aromatic carbocycles. The zero-order valence-corrected chi connectivity index (χ0v) is 19.9. The number of rotatable bonds is 6. The van der Waals surface area contributed by atoms with Gasteiger partial charge in [-0.2, -0.15) is 0 Å². The maximum Gasteiger partial charge on any atom is 0.311 e. The van der Waals surface area contributed by atoms with Crippen LogP contribution in [0.2, 0.25) is 5.15 Å². The topological polar surface area (TPSA) is 123 Å². The Morgan fingerprint density at radius 3 is 2.83 bits per heavy atom. The second-order valence-corrected chi connectivity index (χ2v) is 9.51. The molecule has 10 nitrogen and oxygen atoms in total. The highest BCUT2D eigenvalue weighted by Crippen LogP contribution is 2.46. The van der Waals surface area contributed by atoms with Crippen molar-refractivity contribution in [2.45, 2.75) is 38.6 Å². The molecule has 180 valence electrons. The number of hydrogen-bond acceptors (Lipinski definition) is 8. The van der Waals surface area contributed by atoms with Gasteiger partial charge in [0.15, 0.2) is 11.5 Å². The van der Waals surface area contributed by atoms with Crippen LogP contribution in [0.3, 0.4) is 0 Å². The van der Waals surface area contributed by atoms with Crippen LogP contribution in [0.15, 0.2) is 37.2 Å². The predicted octanol–water partition coefficient (Wildman–Crippen LogP) is 4.03. The van der Waals surface area contributed by atoms with Crippen LogP contribution < -0.4 is 5.32 Å². The third kappa shape index (κ3) is 4.01. The third-order valence-electron chi connectivity index (χ3n) is 7.17. The third-order valence-corrected chi connectivity index (χ3v) is 7.35. The molecule has 0 aliphatic heterocycles. The van der Waals surface area contributed by atoms with E-state index < -0.39 is 0 Å². The van der Waals surface area contributed by atoms with E-state index in [0.29, 0.717) is 52.6 Å². The van der Waals surface area contributed by atoms with E-state index in [4.69, 9.17) is 26.3 Å². The monoisotopic (exact) mass is 492 g/mol. The fourth-order valence-electron chi connectivity index (χ4n) is 5.60. The van der Waals surface area contributed by atoms with Crippen molar-refractivity contribution in [2.75, 3.05) is 11.9 Å². The Morgan fingerprint density at radius 2 is 2.06 bits per heavy atom. The predicted molar refractivity (Wildman–Crippen MR) is 130 cm³/mol. The summed E-state index contributed by atoms with van der Waals surface area (Å²) in [4.78, 5) is 38.6. The number of carbonyl (C=O) groups excluding carboxylic acids is 1. The Balaban J connectivity index is 1.42. The summed E-state index contributed by atoms with van der Waals surface area (Å²) in [5.74, 6) is 2.16. The summed E-state index contributed by atoms with van der Waals surface area (Å²) in [6.45, 7) is 2.23. The van der Waals surface area contributed by atoms with Crippen LogP contribution in [0, 0.1) is 17.8 Å². The Bertz CT molecular complexity index is 1360. The molecule has 0 amide bonds. The minimum Gasteiger partial charge on any atom is -0.466 e. The van der Waals surface area contributed by atoms with E-state index in [2.05, 4.69) is 25.3 Å². The van der Waals surface area contributed by atoms with Crippen molar-refractivity contribution in [3.05, 3.63) is 42.3 Å². The Morgan fingerprint density at radius 1 is 1.23 bits per heavy atom. The standard InChI is InChI=1S/C24H25ClN8O2/c1-2-35-24(34)19-13-3-5-14(6-4-13)20(19)30-17-9-18(33-8-7-26-12-33)32-22(31-17)15-10-27-23-21(15)29-16(25)11-28-23/h7-14,19-20H,2-6H2,1H3,(H,27,28)(H,30,31,32)/t13?,14?,19-,20-/m0/s1. The van der Waals surface area contributed by atoms with Crippen LogP contribution in [-0.2, 0) is 9.53 Å². The van der Waals surface area contributed by atoms with Crippen LogP contribution >= 0.6 is 11.6 Å². The molecule has 35 heavy (non-hydrogen) atoms. The van der Waals surface area contributed by atoms with Crippen molar-refractivity contribution in [2.24, 2.45) is 17.8 Å². The molecule has 0 radical (unpaired) electrons. The van der Waals surface area contributed by atoms with E-state index in [9.17, 15) is 4.79 Å². The molecular formula is C24H25ClN8O2. The minimum atomic E-state index is -0.185. The smallest absolute Gasteiger partial charge is 0.311 e. The first kappa shape index (κ1) is 22.0. The number of aromatic amines is 1. The SMILES string of the molecule is CCOC(=O)[C@H]1C2CCC(CC2)[C@@H]1Nc1cc(-n2ccnc2)nc(-c2c[nH]c3ncc(Cl)nc23)n1. The number of H-pyrrole nitrogens is 1. The zero-order valence-electron chi connectivity index (χ0n) is 19.2. The zero-order chi connectivity index (χ0) is 23.9. The highest BCUT2D eigenvalue weighted by Gasteiger charge is 2.48. The molecule has 2 N–H and O–H groups in total. The summed E-state index contributed by atoms with van der Waals surface area (Å²) >= 11 is 6.12. The fraction of sp³-hybridized carbons (Fsp3) is 0.417. The molecule has 4 heterocycles. The number of nitrogens with zero attached hydrogens (tertiary/aromatic N) is 6. The van der Waals surface area contributed by atoms with Gasteiger partial charge >= 0.3 is 5.97 Å². The van der Waals surface area contributed by atoms with Crippen molar-refractivity contribution in [3.63, 3.8) is 0 Å². The van der Waals surface area contributed by atoms with Gasteiger partial charge in [-0.1, -0.05) is 11.6 Å². The highest BCUT2D eigenvalue weighted by molar-refractivity contribution is 6.29. The summed E-state index contributed by atoms with van der Waals surface area (Å²) in [6, 6.07) is 1.83. The summed E-state index contributed by atoms with van der Waals surface area (Å²) in [5.41, 5.74) is 1.88. The van der Waals surface area contributed by atoms with E-state index in [1.165, 1.54) is 6.20 Å². The quantitative estimate of drug-likeness (QED) is 0.386. The van der Waals surface area contributed by atoms with Crippen LogP contribution in [0.1, 0.15) is 32.6 Å². The molecule has 2 bridgehead atoms. The molecule has 2 atom stereocenters. The average molecular weight is 493 g/mol. The number of hydrogen-bond donors (Lipinski definition) is 2. The lowest BCUT2D eigenvalue weighted by Gasteiger charge is -2.47. The molecule has 0 unspecified atom stereocenters. The molecule has 3 saturated carbocycles. The lowest BCUT2D eigenvalue weighted by molar-refractivity contribution is -0.154. The van der Waals surface area contributed by atoms with E-state index in [-0.39, 0.29) is 23.1 Å². The van der Waals surface area contributed by atoms with Gasteiger partial charge in [-0.05, 0) is 44.4 Å². The van der Waals surface area contributed by atoms with Crippen LogP contribution in [-0.4, -0.2) is 53.1 Å². The number of aromatic nitrogens is 7. The van der Waals surface area contributed by atoms with E-state index in [0.717, 1.165) is 25.7 Å². The minimum absolute atomic E-state index is 0.0443. The maximum atomic E-state index is 12.9. The van der Waals surface area contributed by atoms with Gasteiger partial charge in [0.2, 0.25) is 0 Å². The van der Waals surface area contributed by atoms with Gasteiger partial charge in [0.05, 0.1) is 24.3 Å². The van der Waals surface area contributed by atoms with Gasteiger partial charge in [-0.3, -0.25) is 9.36 Å². The number of carbonyl (C=O) groups is 1. The van der Waals surface area contributed by atoms with E-state index in [1.807, 2.05) is 23.8 Å². The van der Waals surface area contributed by atoms with Gasteiger partial charge in [-0.15, -0.1) is 0 Å². The molecule has 4 aromatic heterocycles. The second-order valence-electron chi connectivity index (χ2n) is 9.12. The van der Waals surface area contributed by atoms with Crippen LogP contribution in [0.5, 0.6) is 0 Å². The van der Waals surface area contributed by atoms with Gasteiger partial charge in [0.25, 0.3) is 0 Å². The van der Waals surface area contributed by atoms with Gasteiger partial charge in [0.1, 0.15) is 28.6 Å². The number of esters is 1. The number of anilines is 1. The van der Waals surface area contributed by atoms with Crippen molar-refractivity contribution < 1.29 is 9.53 Å². The van der Waals surface area contributed by atoms with Crippen LogP contribution in [0.4, 0.5) is 5.82 Å². The number of halogens is 1. The molecule has 0 spiro atoms. The largest absolute Gasteiger partial charge is 0.466 e. The molecule has 7 rings (SSSR count). The number of fused-ring (bicyclic) bond motifs is 4. The van der Waals surface area contributed by atoms with Gasteiger partial charge in [-0.25, -0.2) is 24.9 Å². The maximum absolute atomic E-state index is 12.9. The Labute approximate surface area is 206 Å². The summed E-state index contributed by atoms with van der Waals surface area (Å²) in [5, 5.41) is 3.90. The summed E-state index contributed by atoms with van der Waals surface area (Å²) < 4.78 is 7.29. The van der Waals surface area contributed by atoms with Crippen molar-refractivity contribution >= 4 is 34.6 Å². The fourth-order valence-corrected chi connectivity index (χ4v) is 5.73. The molecule has 4 aromatic rings. The molecule has 3 aliphatic rings. The normalized spacial score (nSPS) is 23.5. The summed E-state index contributed by atoms with van der Waals surface area (Å²) in [6.07, 6.45) is 12.8. The average Bonchev–Trinajstić information content (AvgIpc) is 3.55. The number of nitrogens with one attached hydrogen (secondary N) is 2. The van der Waals surface area contributed by atoms with E-state index in [1.54, 1.807) is 18.7 Å². The molecule has 11 heteroatoms.